The van der Waals surface area contributed by atoms with Gasteiger partial charge in [0.2, 0.25) is 11.8 Å². The van der Waals surface area contributed by atoms with Gasteiger partial charge in [0.15, 0.2) is 11.6 Å². The molecule has 1 saturated heterocycles. The molecule has 4 N–H and O–H groups in total. The van der Waals surface area contributed by atoms with Crippen molar-refractivity contribution in [2.75, 3.05) is 18.4 Å². The average molecular weight is 536 g/mol. The standard InChI is InChI=1S/C27H27F2N7O3/c28-19-3-1-17(2-4-19)13-24(37)35-27(38)34-21-5-6-23(22(29)14-21)39-26-25-18(9-12-36(25)33-16-32-26)15-31-20-7-10-30-11-8-20/h1-6,9,12,14,16,20,30-31H,7-8,10-11,13,15H2,(H2,34,35,37,38). The first-order valence-corrected chi connectivity index (χ1v) is 12.5. The van der Waals surface area contributed by atoms with Gasteiger partial charge in [0.05, 0.1) is 6.42 Å². The molecule has 1 aliphatic heterocycles. The lowest BCUT2D eigenvalue weighted by molar-refractivity contribution is -0.119. The van der Waals surface area contributed by atoms with Gasteiger partial charge in [0, 0.05) is 30.5 Å². The van der Waals surface area contributed by atoms with E-state index in [2.05, 4.69) is 31.3 Å². The predicted octanol–water partition coefficient (Wildman–Crippen LogP) is 3.53. The van der Waals surface area contributed by atoms with E-state index in [9.17, 15) is 18.4 Å². The van der Waals surface area contributed by atoms with Gasteiger partial charge >= 0.3 is 6.03 Å². The van der Waals surface area contributed by atoms with Crippen molar-refractivity contribution < 1.29 is 23.1 Å². The van der Waals surface area contributed by atoms with Crippen LogP contribution in [-0.2, 0) is 17.8 Å². The average Bonchev–Trinajstić information content (AvgIpc) is 3.35. The van der Waals surface area contributed by atoms with E-state index in [1.54, 1.807) is 10.7 Å². The molecule has 0 saturated carbocycles. The highest BCUT2D eigenvalue weighted by Crippen LogP contribution is 2.30. The predicted molar refractivity (Wildman–Crippen MR) is 139 cm³/mol. The van der Waals surface area contributed by atoms with Crippen molar-refractivity contribution in [1.29, 1.82) is 0 Å². The molecule has 2 aromatic carbocycles. The second-order valence-electron chi connectivity index (χ2n) is 9.16. The highest BCUT2D eigenvalue weighted by Gasteiger charge is 2.17. The number of rotatable bonds is 8. The topological polar surface area (TPSA) is 122 Å². The van der Waals surface area contributed by atoms with Crippen molar-refractivity contribution in [1.82, 2.24) is 30.5 Å². The third kappa shape index (κ3) is 6.72. The van der Waals surface area contributed by atoms with Gasteiger partial charge in [0.1, 0.15) is 17.7 Å². The summed E-state index contributed by atoms with van der Waals surface area (Å²) >= 11 is 0. The Kier molecular flexibility index (Phi) is 8.04. The largest absolute Gasteiger partial charge is 0.434 e. The number of fused-ring (bicyclic) bond motifs is 1. The zero-order chi connectivity index (χ0) is 27.2. The number of benzene rings is 2. The van der Waals surface area contributed by atoms with Crippen LogP contribution in [0.1, 0.15) is 24.0 Å². The van der Waals surface area contributed by atoms with Gasteiger partial charge in [-0.25, -0.2) is 18.1 Å². The van der Waals surface area contributed by atoms with Crippen molar-refractivity contribution in [3.8, 4) is 11.6 Å². The van der Waals surface area contributed by atoms with Crippen LogP contribution in [0.2, 0.25) is 0 Å². The Morgan fingerprint density at radius 2 is 1.87 bits per heavy atom. The van der Waals surface area contributed by atoms with Crippen LogP contribution < -0.4 is 26.0 Å². The minimum Gasteiger partial charge on any atom is -0.434 e. The lowest BCUT2D eigenvalue weighted by Crippen LogP contribution is -2.39. The SMILES string of the molecule is O=C(Cc1ccc(F)cc1)NC(=O)Nc1ccc(Oc2ncnn3ccc(CNC4CCNCC4)c23)c(F)c1. The van der Waals surface area contributed by atoms with E-state index in [-0.39, 0.29) is 23.7 Å². The van der Waals surface area contributed by atoms with Crippen molar-refractivity contribution >= 4 is 23.1 Å². The summed E-state index contributed by atoms with van der Waals surface area (Å²) in [7, 11) is 0. The van der Waals surface area contributed by atoms with E-state index in [0.717, 1.165) is 37.6 Å². The summed E-state index contributed by atoms with van der Waals surface area (Å²) < 4.78 is 35.4. The number of aromatic nitrogens is 3. The smallest absolute Gasteiger partial charge is 0.325 e. The Bertz CT molecular complexity index is 1470. The Labute approximate surface area is 222 Å². The first-order valence-electron chi connectivity index (χ1n) is 12.5. The van der Waals surface area contributed by atoms with Crippen molar-refractivity contribution in [2.24, 2.45) is 0 Å². The molecular formula is C27H27F2N7O3. The van der Waals surface area contributed by atoms with Gasteiger partial charge in [-0.3, -0.25) is 10.1 Å². The molecule has 0 bridgehead atoms. The number of urea groups is 1. The molecule has 0 unspecified atom stereocenters. The zero-order valence-electron chi connectivity index (χ0n) is 20.9. The maximum atomic E-state index is 14.9. The van der Waals surface area contributed by atoms with E-state index in [1.807, 2.05) is 6.07 Å². The summed E-state index contributed by atoms with van der Waals surface area (Å²) in [6, 6.07) is 10.7. The molecule has 0 spiro atoms. The van der Waals surface area contributed by atoms with Crippen LogP contribution in [0.3, 0.4) is 0 Å². The first kappa shape index (κ1) is 26.2. The second-order valence-corrected chi connectivity index (χ2v) is 9.16. The van der Waals surface area contributed by atoms with Gasteiger partial charge in [-0.1, -0.05) is 12.1 Å². The number of anilines is 1. The molecule has 10 nitrogen and oxygen atoms in total. The Hall–Kier alpha value is -4.42. The second kappa shape index (κ2) is 12.0. The maximum Gasteiger partial charge on any atom is 0.325 e. The lowest BCUT2D eigenvalue weighted by atomic mass is 10.1. The molecule has 0 aliphatic carbocycles. The summed E-state index contributed by atoms with van der Waals surface area (Å²) in [5.41, 5.74) is 2.21. The van der Waals surface area contributed by atoms with E-state index in [1.165, 1.54) is 42.7 Å². The minimum absolute atomic E-state index is 0.0904. The number of carbonyl (C=O) groups excluding carboxylic acids is 2. The monoisotopic (exact) mass is 535 g/mol. The highest BCUT2D eigenvalue weighted by molar-refractivity contribution is 6.01. The van der Waals surface area contributed by atoms with Gasteiger partial charge in [-0.05, 0) is 67.4 Å². The fourth-order valence-electron chi connectivity index (χ4n) is 4.37. The molecule has 12 heteroatoms. The van der Waals surface area contributed by atoms with Crippen LogP contribution in [0.4, 0.5) is 19.3 Å². The minimum atomic E-state index is -0.827. The summed E-state index contributed by atoms with van der Waals surface area (Å²) in [5, 5.41) is 15.7. The summed E-state index contributed by atoms with van der Waals surface area (Å²) in [6.45, 7) is 2.54. The Morgan fingerprint density at radius 3 is 2.64 bits per heavy atom. The number of amides is 3. The molecule has 1 aliphatic rings. The number of hydrogen-bond acceptors (Lipinski definition) is 7. The third-order valence-electron chi connectivity index (χ3n) is 6.35. The fourth-order valence-corrected chi connectivity index (χ4v) is 4.37. The number of imide groups is 1. The number of carbonyl (C=O) groups is 2. The summed E-state index contributed by atoms with van der Waals surface area (Å²) in [5.74, 6) is -1.64. The van der Waals surface area contributed by atoms with Crippen LogP contribution in [0.5, 0.6) is 11.6 Å². The number of ether oxygens (including phenoxy) is 1. The highest BCUT2D eigenvalue weighted by atomic mass is 19.1. The molecule has 202 valence electrons. The molecule has 3 heterocycles. The molecule has 5 rings (SSSR count). The summed E-state index contributed by atoms with van der Waals surface area (Å²) in [6.07, 6.45) is 5.09. The van der Waals surface area contributed by atoms with Crippen LogP contribution in [0, 0.1) is 11.6 Å². The Balaban J connectivity index is 1.22. The molecule has 0 atom stereocenters. The fraction of sp³-hybridized carbons (Fsp3) is 0.259. The number of piperidine rings is 1. The number of hydrogen-bond donors (Lipinski definition) is 4. The Morgan fingerprint density at radius 1 is 1.08 bits per heavy atom. The maximum absolute atomic E-state index is 14.9. The van der Waals surface area contributed by atoms with Crippen LogP contribution in [0.25, 0.3) is 5.52 Å². The first-order chi connectivity index (χ1) is 18.9. The van der Waals surface area contributed by atoms with Crippen LogP contribution in [-0.4, -0.2) is 45.7 Å². The van der Waals surface area contributed by atoms with Crippen molar-refractivity contribution in [3.63, 3.8) is 0 Å². The van der Waals surface area contributed by atoms with Gasteiger partial charge in [0.25, 0.3) is 0 Å². The lowest BCUT2D eigenvalue weighted by Gasteiger charge is -2.23. The zero-order valence-corrected chi connectivity index (χ0v) is 20.9. The molecule has 39 heavy (non-hydrogen) atoms. The van der Waals surface area contributed by atoms with Gasteiger partial charge in [-0.15, -0.1) is 0 Å². The van der Waals surface area contributed by atoms with E-state index in [4.69, 9.17) is 4.74 Å². The number of nitrogens with zero attached hydrogens (tertiary/aromatic N) is 3. The van der Waals surface area contributed by atoms with Crippen molar-refractivity contribution in [2.45, 2.75) is 31.8 Å². The van der Waals surface area contributed by atoms with Gasteiger partial charge < -0.3 is 20.7 Å². The van der Waals surface area contributed by atoms with E-state index >= 15 is 0 Å². The van der Waals surface area contributed by atoms with Crippen molar-refractivity contribution in [3.05, 3.63) is 83.8 Å². The van der Waals surface area contributed by atoms with Gasteiger partial charge in [-0.2, -0.15) is 10.1 Å². The quantitative estimate of drug-likeness (QED) is 0.272. The normalized spacial score (nSPS) is 13.8. The third-order valence-corrected chi connectivity index (χ3v) is 6.35. The van der Waals surface area contributed by atoms with Crippen LogP contribution >= 0.6 is 0 Å². The summed E-state index contributed by atoms with van der Waals surface area (Å²) in [4.78, 5) is 28.5. The molecular weight excluding hydrogens is 508 g/mol. The molecule has 4 aromatic rings. The number of nitrogens with one attached hydrogen (secondary N) is 4. The van der Waals surface area contributed by atoms with Crippen LogP contribution in [0.15, 0.2) is 61.1 Å². The molecule has 2 aromatic heterocycles. The molecule has 1 fully saturated rings. The molecule has 0 radical (unpaired) electrons. The molecule has 3 amide bonds. The van der Waals surface area contributed by atoms with E-state index in [0.29, 0.717) is 23.7 Å². The van der Waals surface area contributed by atoms with E-state index < -0.39 is 23.6 Å². The number of halogens is 2.